The van der Waals surface area contributed by atoms with Crippen LogP contribution in [0.3, 0.4) is 0 Å². The molecule has 4 rings (SSSR count). The summed E-state index contributed by atoms with van der Waals surface area (Å²) in [6.07, 6.45) is 1.62. The monoisotopic (exact) mass is 465 g/mol. The maximum absolute atomic E-state index is 12.4. The van der Waals surface area contributed by atoms with Crippen LogP contribution in [-0.2, 0) is 14.8 Å². The number of carbonyl (C=O) groups is 2. The van der Waals surface area contributed by atoms with Crippen LogP contribution in [0.15, 0.2) is 83.8 Å². The zero-order chi connectivity index (χ0) is 23.3. The van der Waals surface area contributed by atoms with Gasteiger partial charge in [0.1, 0.15) is 5.75 Å². The van der Waals surface area contributed by atoms with Gasteiger partial charge in [-0.15, -0.1) is 0 Å². The Bertz CT molecular complexity index is 1260. The minimum absolute atomic E-state index is 0.00534. The second-order valence-corrected chi connectivity index (χ2v) is 9.29. The molecule has 1 fully saturated rings. The van der Waals surface area contributed by atoms with E-state index in [0.29, 0.717) is 5.75 Å². The second kappa shape index (κ2) is 9.85. The lowest BCUT2D eigenvalue weighted by Gasteiger charge is -2.12. The average Bonchev–Trinajstić information content (AvgIpc) is 3.65. The van der Waals surface area contributed by atoms with Crippen molar-refractivity contribution in [1.29, 1.82) is 0 Å². The second-order valence-electron chi connectivity index (χ2n) is 7.58. The Labute approximate surface area is 192 Å². The first-order valence-corrected chi connectivity index (χ1v) is 11.9. The van der Waals surface area contributed by atoms with Crippen LogP contribution in [0.2, 0.25) is 0 Å². The maximum Gasteiger partial charge on any atom is 0.276 e. The third kappa shape index (κ3) is 5.97. The summed E-state index contributed by atoms with van der Waals surface area (Å²) >= 11 is 0. The van der Waals surface area contributed by atoms with Crippen LogP contribution in [0, 0.1) is 0 Å². The fourth-order valence-electron chi connectivity index (χ4n) is 3.12. The third-order valence-electron chi connectivity index (χ3n) is 4.95. The van der Waals surface area contributed by atoms with Gasteiger partial charge in [0, 0.05) is 17.2 Å². The molecule has 8 nitrogen and oxygen atoms in total. The van der Waals surface area contributed by atoms with Gasteiger partial charge in [0.05, 0.1) is 4.90 Å². The van der Waals surface area contributed by atoms with Crippen molar-refractivity contribution in [2.45, 2.75) is 23.8 Å². The zero-order valence-corrected chi connectivity index (χ0v) is 18.5. The van der Waals surface area contributed by atoms with Crippen LogP contribution >= 0.6 is 0 Å². The number of amides is 2. The molecule has 3 aromatic carbocycles. The van der Waals surface area contributed by atoms with Crippen molar-refractivity contribution in [2.24, 2.45) is 0 Å². The summed E-state index contributed by atoms with van der Waals surface area (Å²) in [6, 6.07) is 22.5. The van der Waals surface area contributed by atoms with E-state index in [4.69, 9.17) is 4.74 Å². The lowest BCUT2D eigenvalue weighted by atomic mass is 10.1. The first-order chi connectivity index (χ1) is 15.9. The topological polar surface area (TPSA) is 114 Å². The van der Waals surface area contributed by atoms with Crippen LogP contribution in [0.4, 0.5) is 0 Å². The van der Waals surface area contributed by atoms with Gasteiger partial charge in [-0.2, -0.15) is 0 Å². The fraction of sp³-hybridized carbons (Fsp3) is 0.167. The summed E-state index contributed by atoms with van der Waals surface area (Å²) in [5, 5.41) is 0. The first-order valence-electron chi connectivity index (χ1n) is 10.4. The summed E-state index contributed by atoms with van der Waals surface area (Å²) in [5.41, 5.74) is 6.46. The normalized spacial score (nSPS) is 13.2. The SMILES string of the molecule is O=C(COc1ccccc1-c1ccccc1)NNC(=O)c1cccc(S(=O)(=O)NC2CC2)c1. The predicted molar refractivity (Wildman–Crippen MR) is 123 cm³/mol. The van der Waals surface area contributed by atoms with E-state index in [1.54, 1.807) is 12.1 Å². The summed E-state index contributed by atoms with van der Waals surface area (Å²) in [7, 11) is -3.69. The van der Waals surface area contributed by atoms with Crippen LogP contribution in [0.25, 0.3) is 11.1 Å². The number of para-hydroxylation sites is 1. The molecule has 9 heteroatoms. The highest BCUT2D eigenvalue weighted by Crippen LogP contribution is 2.29. The van der Waals surface area contributed by atoms with Gasteiger partial charge >= 0.3 is 0 Å². The molecule has 3 aromatic rings. The van der Waals surface area contributed by atoms with E-state index in [2.05, 4.69) is 15.6 Å². The van der Waals surface area contributed by atoms with E-state index in [-0.39, 0.29) is 23.1 Å². The highest BCUT2D eigenvalue weighted by Gasteiger charge is 2.28. The Kier molecular flexibility index (Phi) is 6.71. The Hall–Kier alpha value is -3.69. The molecule has 0 bridgehead atoms. The molecule has 170 valence electrons. The summed E-state index contributed by atoms with van der Waals surface area (Å²) in [5.74, 6) is -0.673. The predicted octanol–water partition coefficient (Wildman–Crippen LogP) is 2.63. The van der Waals surface area contributed by atoms with Crippen LogP contribution in [0.5, 0.6) is 5.75 Å². The molecule has 1 aliphatic carbocycles. The molecule has 0 radical (unpaired) electrons. The van der Waals surface area contributed by atoms with Gasteiger partial charge in [0.25, 0.3) is 11.8 Å². The van der Waals surface area contributed by atoms with Gasteiger partial charge < -0.3 is 4.74 Å². The summed E-state index contributed by atoms with van der Waals surface area (Å²) in [4.78, 5) is 24.6. The quantitative estimate of drug-likeness (QED) is 0.443. The number of nitrogens with one attached hydrogen (secondary N) is 3. The molecule has 0 spiro atoms. The van der Waals surface area contributed by atoms with Crippen molar-refractivity contribution in [1.82, 2.24) is 15.6 Å². The molecule has 33 heavy (non-hydrogen) atoms. The largest absolute Gasteiger partial charge is 0.483 e. The molecule has 1 saturated carbocycles. The molecule has 0 aromatic heterocycles. The van der Waals surface area contributed by atoms with E-state index in [1.165, 1.54) is 24.3 Å². The van der Waals surface area contributed by atoms with Crippen molar-refractivity contribution in [3.63, 3.8) is 0 Å². The number of sulfonamides is 1. The van der Waals surface area contributed by atoms with Crippen LogP contribution in [-0.4, -0.2) is 32.9 Å². The van der Waals surface area contributed by atoms with Crippen molar-refractivity contribution >= 4 is 21.8 Å². The Morgan fingerprint density at radius 1 is 0.879 bits per heavy atom. The van der Waals surface area contributed by atoms with Gasteiger partial charge in [0.2, 0.25) is 10.0 Å². The lowest BCUT2D eigenvalue weighted by molar-refractivity contribution is -0.123. The molecular formula is C24H23N3O5S. The number of benzene rings is 3. The molecule has 0 aliphatic heterocycles. The number of ether oxygens (including phenoxy) is 1. The maximum atomic E-state index is 12.4. The minimum Gasteiger partial charge on any atom is -0.483 e. The van der Waals surface area contributed by atoms with Gasteiger partial charge in [-0.05, 0) is 42.7 Å². The smallest absolute Gasteiger partial charge is 0.276 e. The van der Waals surface area contributed by atoms with E-state index in [0.717, 1.165) is 24.0 Å². The van der Waals surface area contributed by atoms with Gasteiger partial charge in [-0.25, -0.2) is 13.1 Å². The molecule has 3 N–H and O–H groups in total. The van der Waals surface area contributed by atoms with Gasteiger partial charge in [-0.1, -0.05) is 54.6 Å². The highest BCUT2D eigenvalue weighted by atomic mass is 32.2. The molecular weight excluding hydrogens is 442 g/mol. The molecule has 2 amide bonds. The fourth-order valence-corrected chi connectivity index (χ4v) is 4.47. The van der Waals surface area contributed by atoms with Gasteiger partial charge in [-0.3, -0.25) is 20.4 Å². The van der Waals surface area contributed by atoms with Crippen LogP contribution in [0.1, 0.15) is 23.2 Å². The third-order valence-corrected chi connectivity index (χ3v) is 6.47. The van der Waals surface area contributed by atoms with Crippen molar-refractivity contribution in [3.8, 4) is 16.9 Å². The zero-order valence-electron chi connectivity index (χ0n) is 17.7. The van der Waals surface area contributed by atoms with E-state index in [9.17, 15) is 18.0 Å². The highest BCUT2D eigenvalue weighted by molar-refractivity contribution is 7.89. The average molecular weight is 466 g/mol. The number of hydrazine groups is 1. The number of hydrogen-bond donors (Lipinski definition) is 3. The van der Waals surface area contributed by atoms with Crippen molar-refractivity contribution < 1.29 is 22.7 Å². The Morgan fingerprint density at radius 3 is 2.36 bits per heavy atom. The summed E-state index contributed by atoms with van der Waals surface area (Å²) < 4.78 is 32.9. The van der Waals surface area contributed by atoms with Crippen molar-refractivity contribution in [3.05, 3.63) is 84.4 Å². The lowest BCUT2D eigenvalue weighted by Crippen LogP contribution is -2.43. The minimum atomic E-state index is -3.69. The van der Waals surface area contributed by atoms with Crippen molar-refractivity contribution in [2.75, 3.05) is 6.61 Å². The molecule has 0 heterocycles. The van der Waals surface area contributed by atoms with Crippen LogP contribution < -0.4 is 20.3 Å². The van der Waals surface area contributed by atoms with Gasteiger partial charge in [0.15, 0.2) is 6.61 Å². The molecule has 1 aliphatic rings. The molecule has 0 atom stereocenters. The standard InChI is InChI=1S/C24H23N3O5S/c28-23(16-32-22-12-5-4-11-21(22)17-7-2-1-3-8-17)25-26-24(29)18-9-6-10-20(15-18)33(30,31)27-19-13-14-19/h1-12,15,19,27H,13-14,16H2,(H,25,28)(H,26,29). The number of rotatable bonds is 8. The molecule has 0 saturated heterocycles. The van der Waals surface area contributed by atoms with E-state index < -0.39 is 21.8 Å². The first kappa shape index (κ1) is 22.5. The number of carbonyl (C=O) groups excluding carboxylic acids is 2. The van der Waals surface area contributed by atoms with E-state index in [1.807, 2.05) is 42.5 Å². The van der Waals surface area contributed by atoms with E-state index >= 15 is 0 Å². The Morgan fingerprint density at radius 2 is 1.61 bits per heavy atom. The molecule has 0 unspecified atom stereocenters. The number of hydrogen-bond acceptors (Lipinski definition) is 5. The summed E-state index contributed by atoms with van der Waals surface area (Å²) in [6.45, 7) is -0.316. The Balaban J connectivity index is 1.33.